The molecule has 0 fully saturated rings. The van der Waals surface area contributed by atoms with Crippen molar-refractivity contribution in [2.75, 3.05) is 11.8 Å². The number of hydrogen-bond donors (Lipinski definition) is 3. The van der Waals surface area contributed by atoms with Gasteiger partial charge in [0.25, 0.3) is 10.0 Å². The average molecular weight is 295 g/mol. The van der Waals surface area contributed by atoms with Crippen LogP contribution in [0.1, 0.15) is 11.3 Å². The van der Waals surface area contributed by atoms with Gasteiger partial charge in [-0.2, -0.15) is 0 Å². The molecule has 0 atom stereocenters. The predicted molar refractivity (Wildman–Crippen MR) is 77.2 cm³/mol. The van der Waals surface area contributed by atoms with Gasteiger partial charge in [-0.1, -0.05) is 0 Å². The van der Waals surface area contributed by atoms with Crippen LogP contribution in [-0.2, 0) is 16.6 Å². The Morgan fingerprint density at radius 2 is 2.10 bits per heavy atom. The number of aromatic amines is 1. The summed E-state index contributed by atoms with van der Waals surface area (Å²) in [5, 5.41) is 0. The second kappa shape index (κ2) is 5.56. The molecule has 0 amide bonds. The molecule has 2 rings (SSSR count). The highest BCUT2D eigenvalue weighted by Gasteiger charge is 2.17. The van der Waals surface area contributed by atoms with E-state index in [0.717, 1.165) is 5.56 Å². The van der Waals surface area contributed by atoms with Gasteiger partial charge in [-0.05, 0) is 36.8 Å². The van der Waals surface area contributed by atoms with E-state index in [1.807, 2.05) is 6.92 Å². The summed E-state index contributed by atoms with van der Waals surface area (Å²) in [6.07, 6.45) is 1.42. The Morgan fingerprint density at radius 1 is 1.35 bits per heavy atom. The van der Waals surface area contributed by atoms with Gasteiger partial charge in [-0.15, -0.1) is 0 Å². The fourth-order valence-corrected chi connectivity index (χ4v) is 2.92. The summed E-state index contributed by atoms with van der Waals surface area (Å²) < 4.78 is 32.1. The standard InChI is InChI=1S/C13H17N3O3S/c1-9-5-11(19-2)3-4-13(9)16-20(17,18)12-6-10(7-14)15-8-12/h3-6,8,15-16H,7,14H2,1-2H3. The normalized spacial score (nSPS) is 11.3. The second-order valence-electron chi connectivity index (χ2n) is 4.35. The van der Waals surface area contributed by atoms with E-state index < -0.39 is 10.0 Å². The van der Waals surface area contributed by atoms with Crippen molar-refractivity contribution >= 4 is 15.7 Å². The molecule has 1 aromatic carbocycles. The molecule has 0 spiro atoms. The molecule has 6 nitrogen and oxygen atoms in total. The number of hydrogen-bond acceptors (Lipinski definition) is 4. The molecule has 0 aliphatic heterocycles. The molecule has 0 radical (unpaired) electrons. The number of rotatable bonds is 5. The number of aromatic nitrogens is 1. The lowest BCUT2D eigenvalue weighted by Gasteiger charge is -2.10. The van der Waals surface area contributed by atoms with E-state index in [2.05, 4.69) is 9.71 Å². The zero-order valence-corrected chi connectivity index (χ0v) is 12.1. The van der Waals surface area contributed by atoms with Gasteiger partial charge in [-0.25, -0.2) is 8.42 Å². The van der Waals surface area contributed by atoms with Crippen molar-refractivity contribution in [1.82, 2.24) is 4.98 Å². The molecule has 0 aliphatic rings. The molecule has 1 heterocycles. The van der Waals surface area contributed by atoms with E-state index in [1.165, 1.54) is 12.3 Å². The monoisotopic (exact) mass is 295 g/mol. The van der Waals surface area contributed by atoms with E-state index in [1.54, 1.807) is 25.3 Å². The topological polar surface area (TPSA) is 97.2 Å². The summed E-state index contributed by atoms with van der Waals surface area (Å²) in [7, 11) is -2.06. The fourth-order valence-electron chi connectivity index (χ4n) is 1.77. The van der Waals surface area contributed by atoms with E-state index in [0.29, 0.717) is 17.1 Å². The van der Waals surface area contributed by atoms with Crippen LogP contribution in [0.3, 0.4) is 0 Å². The molecule has 2 aromatic rings. The molecule has 7 heteroatoms. The summed E-state index contributed by atoms with van der Waals surface area (Å²) in [4.78, 5) is 2.98. The molecular weight excluding hydrogens is 278 g/mol. The zero-order chi connectivity index (χ0) is 14.8. The number of benzene rings is 1. The summed E-state index contributed by atoms with van der Waals surface area (Å²) in [5.74, 6) is 0.678. The van der Waals surface area contributed by atoms with Crippen LogP contribution in [0, 0.1) is 6.92 Å². The number of anilines is 1. The molecule has 0 unspecified atom stereocenters. The van der Waals surface area contributed by atoms with Crippen molar-refractivity contribution in [3.63, 3.8) is 0 Å². The number of nitrogens with two attached hydrogens (primary N) is 1. The Balaban J connectivity index is 2.28. The summed E-state index contributed by atoms with van der Waals surface area (Å²) in [6.45, 7) is 2.07. The van der Waals surface area contributed by atoms with Crippen molar-refractivity contribution in [3.8, 4) is 5.75 Å². The Morgan fingerprint density at radius 3 is 2.65 bits per heavy atom. The largest absolute Gasteiger partial charge is 0.497 e. The minimum absolute atomic E-state index is 0.160. The fraction of sp³-hybridized carbons (Fsp3) is 0.231. The SMILES string of the molecule is COc1ccc(NS(=O)(=O)c2c[nH]c(CN)c2)c(C)c1. The summed E-state index contributed by atoms with van der Waals surface area (Å²) in [6, 6.07) is 6.65. The first kappa shape index (κ1) is 14.4. The number of aryl methyl sites for hydroxylation is 1. The van der Waals surface area contributed by atoms with Crippen molar-refractivity contribution in [3.05, 3.63) is 41.7 Å². The first-order valence-electron chi connectivity index (χ1n) is 6.01. The Labute approximate surface area is 118 Å². The van der Waals surface area contributed by atoms with Crippen LogP contribution in [0.25, 0.3) is 0 Å². The maximum Gasteiger partial charge on any atom is 0.263 e. The van der Waals surface area contributed by atoms with Gasteiger partial charge in [-0.3, -0.25) is 4.72 Å². The second-order valence-corrected chi connectivity index (χ2v) is 6.03. The van der Waals surface area contributed by atoms with Crippen LogP contribution in [-0.4, -0.2) is 20.5 Å². The van der Waals surface area contributed by atoms with Gasteiger partial charge in [0, 0.05) is 18.4 Å². The molecular formula is C13H17N3O3S. The van der Waals surface area contributed by atoms with E-state index in [-0.39, 0.29) is 11.4 Å². The van der Waals surface area contributed by atoms with Crippen LogP contribution in [0.2, 0.25) is 0 Å². The van der Waals surface area contributed by atoms with Crippen molar-refractivity contribution in [1.29, 1.82) is 0 Å². The molecule has 0 saturated carbocycles. The van der Waals surface area contributed by atoms with Gasteiger partial charge in [0.2, 0.25) is 0 Å². The van der Waals surface area contributed by atoms with Gasteiger partial charge < -0.3 is 15.5 Å². The van der Waals surface area contributed by atoms with E-state index in [9.17, 15) is 8.42 Å². The molecule has 0 saturated heterocycles. The molecule has 1 aromatic heterocycles. The molecule has 4 N–H and O–H groups in total. The lowest BCUT2D eigenvalue weighted by Crippen LogP contribution is -2.13. The summed E-state index contributed by atoms with van der Waals surface area (Å²) in [5.41, 5.74) is 7.41. The molecule has 0 aliphatic carbocycles. The maximum atomic E-state index is 12.2. The number of H-pyrrole nitrogens is 1. The lowest BCUT2D eigenvalue weighted by molar-refractivity contribution is 0.414. The third-order valence-corrected chi connectivity index (χ3v) is 4.27. The Bertz CT molecular complexity index is 707. The van der Waals surface area contributed by atoms with Crippen LogP contribution in [0.5, 0.6) is 5.75 Å². The minimum atomic E-state index is -3.62. The molecule has 20 heavy (non-hydrogen) atoms. The molecule has 0 bridgehead atoms. The molecule has 108 valence electrons. The van der Waals surface area contributed by atoms with E-state index in [4.69, 9.17) is 10.5 Å². The number of methoxy groups -OCH3 is 1. The van der Waals surface area contributed by atoms with Gasteiger partial charge >= 0.3 is 0 Å². The van der Waals surface area contributed by atoms with Gasteiger partial charge in [0.05, 0.1) is 12.8 Å². The quantitative estimate of drug-likeness (QED) is 0.780. The predicted octanol–water partition coefficient (Wildman–Crippen LogP) is 1.59. The third-order valence-electron chi connectivity index (χ3n) is 2.92. The minimum Gasteiger partial charge on any atom is -0.497 e. The van der Waals surface area contributed by atoms with Crippen LogP contribution in [0.4, 0.5) is 5.69 Å². The highest BCUT2D eigenvalue weighted by Crippen LogP contribution is 2.24. The first-order valence-corrected chi connectivity index (χ1v) is 7.49. The number of sulfonamides is 1. The van der Waals surface area contributed by atoms with Crippen molar-refractivity contribution in [2.45, 2.75) is 18.4 Å². The number of ether oxygens (including phenoxy) is 1. The lowest BCUT2D eigenvalue weighted by atomic mass is 10.2. The zero-order valence-electron chi connectivity index (χ0n) is 11.3. The highest BCUT2D eigenvalue weighted by molar-refractivity contribution is 7.92. The Hall–Kier alpha value is -1.99. The first-order chi connectivity index (χ1) is 9.46. The number of nitrogens with one attached hydrogen (secondary N) is 2. The van der Waals surface area contributed by atoms with Crippen LogP contribution < -0.4 is 15.2 Å². The maximum absolute atomic E-state index is 12.2. The highest BCUT2D eigenvalue weighted by atomic mass is 32.2. The van der Waals surface area contributed by atoms with E-state index >= 15 is 0 Å². The Kier molecular flexibility index (Phi) is 4.01. The van der Waals surface area contributed by atoms with Crippen molar-refractivity contribution in [2.24, 2.45) is 5.73 Å². The smallest absolute Gasteiger partial charge is 0.263 e. The summed E-state index contributed by atoms with van der Waals surface area (Å²) >= 11 is 0. The van der Waals surface area contributed by atoms with Gasteiger partial charge in [0.1, 0.15) is 10.6 Å². The van der Waals surface area contributed by atoms with Crippen LogP contribution >= 0.6 is 0 Å². The van der Waals surface area contributed by atoms with Crippen LogP contribution in [0.15, 0.2) is 35.4 Å². The average Bonchev–Trinajstić information content (AvgIpc) is 2.90. The van der Waals surface area contributed by atoms with Crippen molar-refractivity contribution < 1.29 is 13.2 Å². The van der Waals surface area contributed by atoms with Gasteiger partial charge in [0.15, 0.2) is 0 Å². The third kappa shape index (κ3) is 2.94.